The normalized spacial score (nSPS) is 15.2. The van der Waals surface area contributed by atoms with Crippen LogP contribution in [0.25, 0.3) is 0 Å². The van der Waals surface area contributed by atoms with Crippen molar-refractivity contribution in [2.24, 2.45) is 5.84 Å². The number of hydrazine groups is 1. The lowest BCUT2D eigenvalue weighted by atomic mass is 10.3. The van der Waals surface area contributed by atoms with Crippen molar-refractivity contribution >= 4 is 23.2 Å². The highest BCUT2D eigenvalue weighted by molar-refractivity contribution is 5.82. The van der Waals surface area contributed by atoms with E-state index in [1.807, 2.05) is 0 Å². The number of nitrogen functional groups attached to an aromatic ring is 1. The summed E-state index contributed by atoms with van der Waals surface area (Å²) in [7, 11) is 0. The number of amides is 1. The maximum Gasteiger partial charge on any atom is 0.276 e. The molecule has 9 heteroatoms. The first-order chi connectivity index (χ1) is 8.60. The number of carbonyl (C=O) groups is 1. The summed E-state index contributed by atoms with van der Waals surface area (Å²) in [5.41, 5.74) is 2.14. The molecule has 1 fully saturated rings. The molecule has 1 aromatic heterocycles. The molecule has 0 atom stereocenters. The van der Waals surface area contributed by atoms with Crippen molar-refractivity contribution in [2.45, 2.75) is 0 Å². The summed E-state index contributed by atoms with van der Waals surface area (Å²) in [4.78, 5) is 27.3. The molecule has 0 radical (unpaired) electrons. The van der Waals surface area contributed by atoms with Gasteiger partial charge in [0.15, 0.2) is 0 Å². The van der Waals surface area contributed by atoms with Crippen molar-refractivity contribution in [2.75, 3.05) is 30.0 Å². The van der Waals surface area contributed by atoms with Gasteiger partial charge in [-0.05, 0) is 0 Å². The number of carbonyl (C=O) groups excluding carboxylic acids is 1. The Bertz CT molecular complexity index is 491. The van der Waals surface area contributed by atoms with Crippen molar-refractivity contribution in [1.82, 2.24) is 10.3 Å². The molecule has 2 heterocycles. The van der Waals surface area contributed by atoms with Gasteiger partial charge in [0.2, 0.25) is 5.91 Å². The van der Waals surface area contributed by atoms with Gasteiger partial charge in [0.25, 0.3) is 5.69 Å². The lowest BCUT2D eigenvalue weighted by Gasteiger charge is -2.27. The molecule has 1 aliphatic heterocycles. The van der Waals surface area contributed by atoms with E-state index in [-0.39, 0.29) is 24.0 Å². The molecule has 1 aliphatic rings. The molecule has 1 saturated heterocycles. The molecule has 0 aromatic carbocycles. The summed E-state index contributed by atoms with van der Waals surface area (Å²) < 4.78 is 0. The van der Waals surface area contributed by atoms with E-state index in [0.29, 0.717) is 18.9 Å². The molecule has 18 heavy (non-hydrogen) atoms. The fraction of sp³-hybridized carbons (Fsp3) is 0.333. The third-order valence-electron chi connectivity index (χ3n) is 2.52. The molecule has 0 bridgehead atoms. The molecule has 2 rings (SSSR count). The van der Waals surface area contributed by atoms with E-state index in [0.717, 1.165) is 0 Å². The molecule has 1 amide bonds. The summed E-state index contributed by atoms with van der Waals surface area (Å²) in [6, 6.07) is 2.55. The predicted molar refractivity (Wildman–Crippen MR) is 63.9 cm³/mol. The maximum atomic E-state index is 11.3. The summed E-state index contributed by atoms with van der Waals surface area (Å²) in [6.07, 6.45) is 0. The fourth-order valence-corrected chi connectivity index (χ4v) is 1.68. The summed E-state index contributed by atoms with van der Waals surface area (Å²) >= 11 is 0. The molecular formula is C9H12N6O3. The van der Waals surface area contributed by atoms with E-state index in [4.69, 9.17) is 5.84 Å². The van der Waals surface area contributed by atoms with Crippen LogP contribution in [0.3, 0.4) is 0 Å². The van der Waals surface area contributed by atoms with Gasteiger partial charge in [0, 0.05) is 13.1 Å². The van der Waals surface area contributed by atoms with Crippen LogP contribution in [-0.4, -0.2) is 35.4 Å². The Labute approximate surface area is 102 Å². The van der Waals surface area contributed by atoms with E-state index in [2.05, 4.69) is 15.7 Å². The van der Waals surface area contributed by atoms with Crippen LogP contribution in [-0.2, 0) is 4.79 Å². The van der Waals surface area contributed by atoms with Gasteiger partial charge >= 0.3 is 0 Å². The van der Waals surface area contributed by atoms with E-state index >= 15 is 0 Å². The number of rotatable bonds is 3. The largest absolute Gasteiger partial charge is 0.353 e. The quantitative estimate of drug-likeness (QED) is 0.365. The highest BCUT2D eigenvalue weighted by Gasteiger charge is 2.20. The second-order valence-electron chi connectivity index (χ2n) is 3.74. The molecule has 0 unspecified atom stereocenters. The van der Waals surface area contributed by atoms with Crippen LogP contribution >= 0.6 is 0 Å². The highest BCUT2D eigenvalue weighted by atomic mass is 16.6. The first-order valence-corrected chi connectivity index (χ1v) is 5.25. The van der Waals surface area contributed by atoms with Gasteiger partial charge in [-0.1, -0.05) is 0 Å². The Morgan fingerprint density at radius 2 is 2.33 bits per heavy atom. The van der Waals surface area contributed by atoms with Crippen LogP contribution in [0.5, 0.6) is 0 Å². The number of nitro groups is 1. The Morgan fingerprint density at radius 3 is 2.94 bits per heavy atom. The lowest BCUT2D eigenvalue weighted by Crippen LogP contribution is -2.48. The summed E-state index contributed by atoms with van der Waals surface area (Å²) in [5.74, 6) is 5.61. The zero-order valence-corrected chi connectivity index (χ0v) is 9.42. The van der Waals surface area contributed by atoms with Gasteiger partial charge < -0.3 is 15.6 Å². The van der Waals surface area contributed by atoms with Gasteiger partial charge in [-0.3, -0.25) is 14.9 Å². The molecule has 9 nitrogen and oxygen atoms in total. The molecule has 0 aliphatic carbocycles. The Hall–Kier alpha value is -2.42. The average molecular weight is 252 g/mol. The average Bonchev–Trinajstić information content (AvgIpc) is 2.38. The zero-order valence-electron chi connectivity index (χ0n) is 9.42. The number of nitrogens with two attached hydrogens (primary N) is 1. The topological polar surface area (TPSA) is 126 Å². The van der Waals surface area contributed by atoms with Crippen LogP contribution in [0.4, 0.5) is 17.3 Å². The minimum absolute atomic E-state index is 0.123. The monoisotopic (exact) mass is 252 g/mol. The zero-order chi connectivity index (χ0) is 13.1. The van der Waals surface area contributed by atoms with Crippen molar-refractivity contribution in [3.63, 3.8) is 0 Å². The minimum atomic E-state index is -0.532. The van der Waals surface area contributed by atoms with E-state index < -0.39 is 4.92 Å². The van der Waals surface area contributed by atoms with Crippen LogP contribution in [0, 0.1) is 10.1 Å². The molecule has 0 saturated carbocycles. The number of anilines is 2. The first-order valence-electron chi connectivity index (χ1n) is 5.25. The van der Waals surface area contributed by atoms with Crippen molar-refractivity contribution in [3.05, 3.63) is 22.2 Å². The number of hydrogen-bond acceptors (Lipinski definition) is 7. The van der Waals surface area contributed by atoms with Gasteiger partial charge in [0.1, 0.15) is 11.6 Å². The summed E-state index contributed by atoms with van der Waals surface area (Å²) in [5, 5.41) is 13.4. The van der Waals surface area contributed by atoms with Crippen molar-refractivity contribution < 1.29 is 9.72 Å². The highest BCUT2D eigenvalue weighted by Crippen LogP contribution is 2.23. The van der Waals surface area contributed by atoms with Crippen LogP contribution in [0.2, 0.25) is 0 Å². The lowest BCUT2D eigenvalue weighted by molar-refractivity contribution is -0.384. The van der Waals surface area contributed by atoms with Crippen molar-refractivity contribution in [1.29, 1.82) is 0 Å². The van der Waals surface area contributed by atoms with Gasteiger partial charge in [0.05, 0.1) is 23.6 Å². The van der Waals surface area contributed by atoms with Gasteiger partial charge in [-0.25, -0.2) is 10.8 Å². The number of nitrogens with zero attached hydrogens (tertiary/aromatic N) is 3. The number of aromatic nitrogens is 1. The number of piperazine rings is 1. The van der Waals surface area contributed by atoms with Crippen molar-refractivity contribution in [3.8, 4) is 0 Å². The van der Waals surface area contributed by atoms with Crippen LogP contribution in [0.15, 0.2) is 12.1 Å². The number of pyridine rings is 1. The second-order valence-corrected chi connectivity index (χ2v) is 3.74. The Balaban J connectivity index is 2.33. The first kappa shape index (κ1) is 12.0. The second kappa shape index (κ2) is 4.84. The number of hydrogen-bond donors (Lipinski definition) is 3. The Morgan fingerprint density at radius 1 is 1.56 bits per heavy atom. The standard InChI is InChI=1S/C9H12N6O3/c10-13-7-3-6(15(17)18)4-8(12-7)14-2-1-11-9(16)5-14/h3-4H,1-2,5,10H2,(H,11,16)(H,12,13). The molecular weight excluding hydrogens is 240 g/mol. The smallest absolute Gasteiger partial charge is 0.276 e. The third-order valence-corrected chi connectivity index (χ3v) is 2.52. The van der Waals surface area contributed by atoms with E-state index in [9.17, 15) is 14.9 Å². The Kier molecular flexibility index (Phi) is 3.24. The maximum absolute atomic E-state index is 11.3. The summed E-state index contributed by atoms with van der Waals surface area (Å²) in [6.45, 7) is 1.15. The third kappa shape index (κ3) is 2.46. The molecule has 0 spiro atoms. The SMILES string of the molecule is NNc1cc([N+](=O)[O-])cc(N2CCNC(=O)C2)n1. The fourth-order valence-electron chi connectivity index (χ4n) is 1.68. The van der Waals surface area contributed by atoms with Crippen LogP contribution < -0.4 is 21.5 Å². The van der Waals surface area contributed by atoms with E-state index in [1.54, 1.807) is 4.90 Å². The molecule has 1 aromatic rings. The minimum Gasteiger partial charge on any atom is -0.353 e. The predicted octanol–water partition coefficient (Wildman–Crippen LogP) is -0.788. The van der Waals surface area contributed by atoms with Crippen LogP contribution in [0.1, 0.15) is 0 Å². The van der Waals surface area contributed by atoms with E-state index in [1.165, 1.54) is 12.1 Å². The van der Waals surface area contributed by atoms with Gasteiger partial charge in [-0.15, -0.1) is 0 Å². The molecule has 4 N–H and O–H groups in total. The number of nitrogens with one attached hydrogen (secondary N) is 2. The molecule has 96 valence electrons. The van der Waals surface area contributed by atoms with Gasteiger partial charge in [-0.2, -0.15) is 0 Å².